The first kappa shape index (κ1) is 30.3. The highest BCUT2D eigenvalue weighted by Gasteiger charge is 2.28. The lowest BCUT2D eigenvalue weighted by molar-refractivity contribution is -0.120. The zero-order valence-electron chi connectivity index (χ0n) is 23.7. The van der Waals surface area contributed by atoms with Crippen LogP contribution in [0.4, 0.5) is 5.69 Å². The Hall–Kier alpha value is -4.13. The number of nitrogens with zero attached hydrogens (tertiary/aromatic N) is 2. The minimum atomic E-state index is -4.18. The van der Waals surface area contributed by atoms with E-state index in [-0.39, 0.29) is 21.6 Å². The van der Waals surface area contributed by atoms with Gasteiger partial charge in [-0.25, -0.2) is 21.6 Å². The lowest BCUT2D eigenvalue weighted by Crippen LogP contribution is -2.35. The van der Waals surface area contributed by atoms with Crippen molar-refractivity contribution in [2.45, 2.75) is 48.3 Å². The molecule has 43 heavy (non-hydrogen) atoms. The molecular weight excluding hydrogens is 605 g/mol. The Labute approximate surface area is 255 Å². The fourth-order valence-electron chi connectivity index (χ4n) is 4.59. The first-order valence-electron chi connectivity index (χ1n) is 13.4. The van der Waals surface area contributed by atoms with Crippen molar-refractivity contribution in [2.24, 2.45) is 0 Å². The van der Waals surface area contributed by atoms with Crippen LogP contribution in [0, 0.1) is 0 Å². The molecule has 1 unspecified atom stereocenters. The van der Waals surface area contributed by atoms with Gasteiger partial charge in [0.25, 0.3) is 20.0 Å². The van der Waals surface area contributed by atoms with Gasteiger partial charge < -0.3 is 0 Å². The van der Waals surface area contributed by atoms with Gasteiger partial charge in [0, 0.05) is 5.69 Å². The molecule has 4 aromatic carbocycles. The number of rotatable bonds is 9. The van der Waals surface area contributed by atoms with Crippen molar-refractivity contribution in [1.82, 2.24) is 13.5 Å². The van der Waals surface area contributed by atoms with E-state index >= 15 is 0 Å². The molecule has 2 N–H and O–H groups in total. The second-order valence-electron chi connectivity index (χ2n) is 11.1. The Morgan fingerprint density at radius 3 is 2.14 bits per heavy atom. The molecule has 0 aliphatic rings. The molecule has 0 saturated carbocycles. The molecule has 0 fully saturated rings. The quantitative estimate of drug-likeness (QED) is 0.215. The number of hydrogen-bond donors (Lipinski definition) is 2. The van der Waals surface area contributed by atoms with Crippen LogP contribution in [0.2, 0.25) is 0 Å². The topological polar surface area (TPSA) is 135 Å². The van der Waals surface area contributed by atoms with Gasteiger partial charge in [0.05, 0.1) is 27.4 Å². The lowest BCUT2D eigenvalue weighted by Gasteiger charge is -2.20. The smallest absolute Gasteiger partial charge is 0.264 e. The van der Waals surface area contributed by atoms with Crippen LogP contribution in [0.15, 0.2) is 107 Å². The number of amides is 1. The minimum Gasteiger partial charge on any atom is -0.280 e. The summed E-state index contributed by atoms with van der Waals surface area (Å²) in [6, 6.07) is 26.3. The Kier molecular flexibility index (Phi) is 8.37. The average molecular weight is 635 g/mol. The van der Waals surface area contributed by atoms with Crippen molar-refractivity contribution in [3.63, 3.8) is 0 Å². The van der Waals surface area contributed by atoms with Crippen LogP contribution < -0.4 is 9.44 Å². The van der Waals surface area contributed by atoms with Gasteiger partial charge in [0.15, 0.2) is 0 Å². The number of sulfonamides is 2. The van der Waals surface area contributed by atoms with Crippen molar-refractivity contribution in [3.05, 3.63) is 114 Å². The highest BCUT2D eigenvalue weighted by molar-refractivity contribution is 7.92. The zero-order valence-corrected chi connectivity index (χ0v) is 26.1. The van der Waals surface area contributed by atoms with Crippen molar-refractivity contribution in [1.29, 1.82) is 0 Å². The summed E-state index contributed by atoms with van der Waals surface area (Å²) in [5, 5.41) is 0. The van der Waals surface area contributed by atoms with Crippen LogP contribution in [0.25, 0.3) is 11.0 Å². The molecule has 0 bridgehead atoms. The van der Waals surface area contributed by atoms with Crippen molar-refractivity contribution in [3.8, 4) is 0 Å². The van der Waals surface area contributed by atoms with Gasteiger partial charge in [-0.2, -0.15) is 8.75 Å². The maximum absolute atomic E-state index is 13.7. The van der Waals surface area contributed by atoms with E-state index in [0.717, 1.165) is 17.3 Å². The number of benzene rings is 4. The van der Waals surface area contributed by atoms with Crippen LogP contribution >= 0.6 is 11.7 Å². The fraction of sp³-hybridized carbons (Fsp3) is 0.194. The fourth-order valence-corrected chi connectivity index (χ4v) is 7.19. The van der Waals surface area contributed by atoms with Crippen LogP contribution in [-0.2, 0) is 36.7 Å². The molecule has 0 aliphatic heterocycles. The molecule has 12 heteroatoms. The highest BCUT2D eigenvalue weighted by atomic mass is 32.2. The summed E-state index contributed by atoms with van der Waals surface area (Å²) in [6.07, 6.45) is 0.0916. The zero-order chi connectivity index (χ0) is 30.8. The molecular formula is C31H30N4O5S3. The molecule has 1 atom stereocenters. The molecule has 5 aromatic rings. The summed E-state index contributed by atoms with van der Waals surface area (Å²) in [4.78, 5) is 13.8. The molecule has 9 nitrogen and oxygen atoms in total. The van der Waals surface area contributed by atoms with E-state index in [0.29, 0.717) is 27.8 Å². The summed E-state index contributed by atoms with van der Waals surface area (Å²) in [5.74, 6) is -1.66. The summed E-state index contributed by atoms with van der Waals surface area (Å²) in [7, 11) is -8.01. The van der Waals surface area contributed by atoms with Crippen LogP contribution in [0.3, 0.4) is 0 Å². The van der Waals surface area contributed by atoms with Crippen molar-refractivity contribution >= 4 is 54.4 Å². The summed E-state index contributed by atoms with van der Waals surface area (Å²) in [5.41, 5.74) is 3.53. The number of nitrogens with one attached hydrogen (secondary N) is 2. The van der Waals surface area contributed by atoms with E-state index in [1.54, 1.807) is 72.8 Å². The van der Waals surface area contributed by atoms with Crippen LogP contribution in [0.5, 0.6) is 0 Å². The average Bonchev–Trinajstić information content (AvgIpc) is 3.44. The SMILES string of the molecule is CC(C)(C)c1ccc(S(=O)(=O)NC(=O)C(Cc2cccc(NS(=O)(=O)c3ccccc3)c2)c2ccc3nsnc3c2)cc1. The third-order valence-corrected chi connectivity index (χ3v) is 10.3. The number of carbonyl (C=O) groups is 1. The van der Waals surface area contributed by atoms with E-state index in [4.69, 9.17) is 0 Å². The monoisotopic (exact) mass is 634 g/mol. The summed E-state index contributed by atoms with van der Waals surface area (Å²) < 4.78 is 65.6. The molecule has 0 radical (unpaired) electrons. The molecule has 1 heterocycles. The molecule has 222 valence electrons. The van der Waals surface area contributed by atoms with Gasteiger partial charge in [-0.3, -0.25) is 9.52 Å². The Morgan fingerprint density at radius 1 is 0.767 bits per heavy atom. The molecule has 0 spiro atoms. The summed E-state index contributed by atoms with van der Waals surface area (Å²) in [6.45, 7) is 6.08. The molecule has 1 aromatic heterocycles. The molecule has 0 aliphatic carbocycles. The predicted molar refractivity (Wildman–Crippen MR) is 168 cm³/mol. The van der Waals surface area contributed by atoms with E-state index in [9.17, 15) is 21.6 Å². The number of carbonyl (C=O) groups excluding carboxylic acids is 1. The van der Waals surface area contributed by atoms with Gasteiger partial charge in [-0.15, -0.1) is 0 Å². The van der Waals surface area contributed by atoms with Crippen molar-refractivity contribution in [2.75, 3.05) is 4.72 Å². The summed E-state index contributed by atoms with van der Waals surface area (Å²) >= 11 is 1.04. The maximum Gasteiger partial charge on any atom is 0.264 e. The standard InChI is InChI=1S/C31H30N4O5S3/c1-31(2,3)23-13-15-26(16-14-23)43(39,40)35-30(36)27(22-12-17-28-29(20-22)33-41-32-28)19-21-8-7-9-24(18-21)34-42(37,38)25-10-5-4-6-11-25/h4-18,20,27,34H,19H2,1-3H3,(H,35,36). The number of anilines is 1. The normalized spacial score (nSPS) is 13.0. The maximum atomic E-state index is 13.7. The molecule has 1 amide bonds. The first-order valence-corrected chi connectivity index (χ1v) is 17.1. The van der Waals surface area contributed by atoms with E-state index in [1.165, 1.54) is 24.3 Å². The second kappa shape index (κ2) is 11.9. The van der Waals surface area contributed by atoms with Gasteiger partial charge in [0.2, 0.25) is 5.91 Å². The van der Waals surface area contributed by atoms with Crippen LogP contribution in [0.1, 0.15) is 43.4 Å². The Bertz CT molecular complexity index is 1980. The van der Waals surface area contributed by atoms with Gasteiger partial charge in [-0.1, -0.05) is 69.3 Å². The van der Waals surface area contributed by atoms with E-state index in [1.807, 2.05) is 20.8 Å². The van der Waals surface area contributed by atoms with Gasteiger partial charge in [-0.05, 0) is 77.1 Å². The third kappa shape index (κ3) is 7.10. The predicted octanol–water partition coefficient (Wildman–Crippen LogP) is 5.62. The Balaban J connectivity index is 1.44. The minimum absolute atomic E-state index is 0.0240. The molecule has 5 rings (SSSR count). The van der Waals surface area contributed by atoms with Crippen molar-refractivity contribution < 1.29 is 21.6 Å². The van der Waals surface area contributed by atoms with Gasteiger partial charge >= 0.3 is 0 Å². The number of hydrogen-bond acceptors (Lipinski definition) is 8. The van der Waals surface area contributed by atoms with E-state index in [2.05, 4.69) is 18.2 Å². The first-order chi connectivity index (χ1) is 20.3. The van der Waals surface area contributed by atoms with Gasteiger partial charge in [0.1, 0.15) is 11.0 Å². The third-order valence-electron chi connectivity index (χ3n) is 6.93. The van der Waals surface area contributed by atoms with Crippen LogP contribution in [-0.4, -0.2) is 31.5 Å². The second-order valence-corrected chi connectivity index (χ2v) is 15.0. The number of fused-ring (bicyclic) bond motifs is 1. The largest absolute Gasteiger partial charge is 0.280 e. The lowest BCUT2D eigenvalue weighted by atomic mass is 9.87. The van der Waals surface area contributed by atoms with E-state index < -0.39 is 31.9 Å². The highest BCUT2D eigenvalue weighted by Crippen LogP contribution is 2.28. The Morgan fingerprint density at radius 2 is 1.44 bits per heavy atom. The molecule has 0 saturated heterocycles. The number of aromatic nitrogens is 2.